The Kier molecular flexibility index (Phi) is 4.88. The van der Waals surface area contributed by atoms with Gasteiger partial charge in [0.15, 0.2) is 0 Å². The van der Waals surface area contributed by atoms with Crippen molar-refractivity contribution >= 4 is 17.5 Å². The molecule has 1 amide bonds. The average molecular weight is 372 g/mol. The first-order valence-electron chi connectivity index (χ1n) is 9.02. The normalized spacial score (nSPS) is 19.3. The Bertz CT molecular complexity index is 819. The Morgan fingerprint density at radius 3 is 2.65 bits per heavy atom. The highest BCUT2D eigenvalue weighted by Crippen LogP contribution is 2.32. The fraction of sp³-hybridized carbons (Fsp3) is 0.381. The number of amides is 1. The number of aryl methyl sites for hydroxylation is 2. The van der Waals surface area contributed by atoms with Crippen molar-refractivity contribution in [2.45, 2.75) is 25.4 Å². The predicted molar refractivity (Wildman–Crippen MR) is 101 cm³/mol. The molecule has 1 aliphatic carbocycles. The lowest BCUT2D eigenvalue weighted by atomic mass is 10.0. The van der Waals surface area contributed by atoms with Crippen LogP contribution in [0.5, 0.6) is 5.75 Å². The van der Waals surface area contributed by atoms with Crippen molar-refractivity contribution in [2.75, 3.05) is 26.8 Å². The molecule has 2 aromatic rings. The number of ether oxygens (including phenoxy) is 2. The maximum atomic E-state index is 13.2. The number of halogens is 1. The number of morpholine rings is 1. The lowest BCUT2D eigenvalue weighted by molar-refractivity contribution is -0.0229. The Balaban J connectivity index is 1.57. The number of carbonyl (C=O) groups excluding carboxylic acids is 1. The van der Waals surface area contributed by atoms with Crippen LogP contribution in [-0.4, -0.2) is 37.6 Å². The van der Waals surface area contributed by atoms with Gasteiger partial charge in [-0.3, -0.25) is 4.79 Å². The molecule has 1 atom stereocenters. The van der Waals surface area contributed by atoms with Gasteiger partial charge in [-0.05, 0) is 60.2 Å². The van der Waals surface area contributed by atoms with Crippen molar-refractivity contribution in [3.8, 4) is 5.75 Å². The maximum absolute atomic E-state index is 13.2. The molecule has 26 heavy (non-hydrogen) atoms. The van der Waals surface area contributed by atoms with Crippen molar-refractivity contribution in [3.63, 3.8) is 0 Å². The van der Waals surface area contributed by atoms with Crippen LogP contribution in [0.15, 0.2) is 36.4 Å². The summed E-state index contributed by atoms with van der Waals surface area (Å²) >= 11 is 5.97. The van der Waals surface area contributed by atoms with E-state index in [2.05, 4.69) is 0 Å². The number of hydrogen-bond acceptors (Lipinski definition) is 3. The van der Waals surface area contributed by atoms with Gasteiger partial charge in [0, 0.05) is 11.6 Å². The minimum absolute atomic E-state index is 0.0128. The number of fused-ring (bicyclic) bond motifs is 1. The largest absolute Gasteiger partial charge is 0.496 e. The van der Waals surface area contributed by atoms with Crippen molar-refractivity contribution in [2.24, 2.45) is 0 Å². The highest BCUT2D eigenvalue weighted by atomic mass is 35.5. The first-order valence-corrected chi connectivity index (χ1v) is 9.39. The summed E-state index contributed by atoms with van der Waals surface area (Å²) in [5, 5.41) is 0.695. The summed E-state index contributed by atoms with van der Waals surface area (Å²) in [6, 6.07) is 11.7. The Morgan fingerprint density at radius 2 is 1.92 bits per heavy atom. The first kappa shape index (κ1) is 17.4. The molecule has 1 aliphatic heterocycles. The van der Waals surface area contributed by atoms with Crippen LogP contribution in [0.1, 0.15) is 39.6 Å². The second kappa shape index (κ2) is 7.29. The Morgan fingerprint density at radius 1 is 1.19 bits per heavy atom. The van der Waals surface area contributed by atoms with Crippen LogP contribution < -0.4 is 4.74 Å². The van der Waals surface area contributed by atoms with E-state index in [1.54, 1.807) is 7.11 Å². The number of hydrogen-bond donors (Lipinski definition) is 0. The average Bonchev–Trinajstić information content (AvgIpc) is 3.14. The highest BCUT2D eigenvalue weighted by molar-refractivity contribution is 6.30. The van der Waals surface area contributed by atoms with E-state index in [9.17, 15) is 4.79 Å². The van der Waals surface area contributed by atoms with Crippen LogP contribution in [0.4, 0.5) is 0 Å². The molecule has 0 saturated carbocycles. The summed E-state index contributed by atoms with van der Waals surface area (Å²) in [7, 11) is 1.63. The minimum atomic E-state index is -0.134. The lowest BCUT2D eigenvalue weighted by Gasteiger charge is -2.33. The molecule has 0 bridgehead atoms. The van der Waals surface area contributed by atoms with Crippen molar-refractivity contribution in [1.29, 1.82) is 0 Å². The number of carbonyl (C=O) groups is 1. The van der Waals surface area contributed by atoms with Gasteiger partial charge < -0.3 is 14.4 Å². The van der Waals surface area contributed by atoms with Crippen LogP contribution in [-0.2, 0) is 17.6 Å². The smallest absolute Gasteiger partial charge is 0.257 e. The van der Waals surface area contributed by atoms with E-state index < -0.39 is 0 Å². The van der Waals surface area contributed by atoms with Gasteiger partial charge >= 0.3 is 0 Å². The van der Waals surface area contributed by atoms with E-state index in [1.807, 2.05) is 41.3 Å². The third kappa shape index (κ3) is 3.31. The standard InChI is InChI=1S/C21H22ClNO3/c1-25-19-12-16-4-2-3-15(16)11-18(19)21(24)23-9-10-26-20(13-23)14-5-7-17(22)8-6-14/h5-8,11-12,20H,2-4,9-10,13H2,1H3/t20-/m1/s1. The third-order valence-electron chi connectivity index (χ3n) is 5.24. The molecule has 0 aromatic heterocycles. The summed E-state index contributed by atoms with van der Waals surface area (Å²) < 4.78 is 11.4. The van der Waals surface area contributed by atoms with E-state index in [1.165, 1.54) is 11.1 Å². The van der Waals surface area contributed by atoms with Crippen LogP contribution >= 0.6 is 11.6 Å². The fourth-order valence-electron chi connectivity index (χ4n) is 3.82. The molecule has 1 heterocycles. The van der Waals surface area contributed by atoms with Gasteiger partial charge in [-0.2, -0.15) is 0 Å². The zero-order valence-electron chi connectivity index (χ0n) is 14.8. The molecule has 4 nitrogen and oxygen atoms in total. The summed E-state index contributed by atoms with van der Waals surface area (Å²) in [6.45, 7) is 1.64. The third-order valence-corrected chi connectivity index (χ3v) is 5.49. The molecular weight excluding hydrogens is 350 g/mol. The summed E-state index contributed by atoms with van der Waals surface area (Å²) in [5.74, 6) is 0.684. The summed E-state index contributed by atoms with van der Waals surface area (Å²) in [6.07, 6.45) is 3.11. The molecule has 0 N–H and O–H groups in total. The lowest BCUT2D eigenvalue weighted by Crippen LogP contribution is -2.42. The highest BCUT2D eigenvalue weighted by Gasteiger charge is 2.29. The van der Waals surface area contributed by atoms with Crippen LogP contribution in [0.25, 0.3) is 0 Å². The molecule has 0 radical (unpaired) electrons. The van der Waals surface area contributed by atoms with E-state index in [4.69, 9.17) is 21.1 Å². The zero-order valence-corrected chi connectivity index (χ0v) is 15.6. The molecule has 1 fully saturated rings. The Hall–Kier alpha value is -2.04. The maximum Gasteiger partial charge on any atom is 0.257 e. The van der Waals surface area contributed by atoms with E-state index in [0.29, 0.717) is 36.0 Å². The Labute approximate surface area is 158 Å². The van der Waals surface area contributed by atoms with Gasteiger partial charge in [0.25, 0.3) is 5.91 Å². The number of rotatable bonds is 3. The van der Waals surface area contributed by atoms with E-state index >= 15 is 0 Å². The van der Waals surface area contributed by atoms with Gasteiger partial charge in [0.05, 0.1) is 25.8 Å². The second-order valence-corrected chi connectivity index (χ2v) is 7.27. The van der Waals surface area contributed by atoms with E-state index in [-0.39, 0.29) is 12.0 Å². The molecule has 136 valence electrons. The van der Waals surface area contributed by atoms with Crippen LogP contribution in [0.2, 0.25) is 5.02 Å². The number of methoxy groups -OCH3 is 1. The van der Waals surface area contributed by atoms with E-state index in [0.717, 1.165) is 24.8 Å². The number of benzene rings is 2. The van der Waals surface area contributed by atoms with Crippen LogP contribution in [0, 0.1) is 0 Å². The van der Waals surface area contributed by atoms with Crippen LogP contribution in [0.3, 0.4) is 0 Å². The van der Waals surface area contributed by atoms with Crippen molar-refractivity contribution in [1.82, 2.24) is 4.90 Å². The molecule has 0 unspecified atom stereocenters. The molecule has 5 heteroatoms. The monoisotopic (exact) mass is 371 g/mol. The van der Waals surface area contributed by atoms with Crippen molar-refractivity contribution in [3.05, 3.63) is 63.7 Å². The predicted octanol–water partition coefficient (Wildman–Crippen LogP) is 4.05. The molecule has 0 spiro atoms. The number of nitrogens with zero attached hydrogens (tertiary/aromatic N) is 1. The summed E-state index contributed by atoms with van der Waals surface area (Å²) in [4.78, 5) is 15.0. The fourth-order valence-corrected chi connectivity index (χ4v) is 3.95. The van der Waals surface area contributed by atoms with Gasteiger partial charge in [-0.25, -0.2) is 0 Å². The first-order chi connectivity index (χ1) is 12.7. The second-order valence-electron chi connectivity index (χ2n) is 6.84. The molecule has 1 saturated heterocycles. The summed E-state index contributed by atoms with van der Waals surface area (Å²) in [5.41, 5.74) is 4.27. The zero-order chi connectivity index (χ0) is 18.1. The minimum Gasteiger partial charge on any atom is -0.496 e. The molecule has 2 aliphatic rings. The molecular formula is C21H22ClNO3. The van der Waals surface area contributed by atoms with Crippen molar-refractivity contribution < 1.29 is 14.3 Å². The van der Waals surface area contributed by atoms with Gasteiger partial charge in [-0.1, -0.05) is 23.7 Å². The molecule has 4 rings (SSSR count). The van der Waals surface area contributed by atoms with Gasteiger partial charge in [0.2, 0.25) is 0 Å². The topological polar surface area (TPSA) is 38.8 Å². The SMILES string of the molecule is COc1cc2c(cc1C(=O)N1CCO[C@@H](c3ccc(Cl)cc3)C1)CCC2. The molecule has 2 aromatic carbocycles. The van der Waals surface area contributed by atoms with Gasteiger partial charge in [0.1, 0.15) is 11.9 Å². The quantitative estimate of drug-likeness (QED) is 0.817. The van der Waals surface area contributed by atoms with Gasteiger partial charge in [-0.15, -0.1) is 0 Å².